The van der Waals surface area contributed by atoms with Gasteiger partial charge in [-0.3, -0.25) is 9.59 Å². The number of carbonyl (C=O) groups is 2. The summed E-state index contributed by atoms with van der Waals surface area (Å²) in [7, 11) is -2.55. The molecule has 0 aromatic heterocycles. The van der Waals surface area contributed by atoms with Crippen molar-refractivity contribution in [3.8, 4) is 0 Å². The maximum absolute atomic E-state index is 13.4. The van der Waals surface area contributed by atoms with Crippen LogP contribution in [-0.2, 0) is 26.2 Å². The molecule has 34 heavy (non-hydrogen) atoms. The molecule has 0 aliphatic heterocycles. The SMILES string of the molecule is CCCCNC(=O)[C@H](CC)N(Cc1ccc(C)cc1)C(=O)CN(C)S(=O)(=O)c1ccc(Cl)cc1. The third-order valence-corrected chi connectivity index (χ3v) is 7.64. The number of nitrogens with one attached hydrogen (secondary N) is 1. The van der Waals surface area contributed by atoms with Crippen LogP contribution in [0.15, 0.2) is 53.4 Å². The molecule has 0 saturated carbocycles. The van der Waals surface area contributed by atoms with Crippen molar-refractivity contribution in [3.05, 3.63) is 64.7 Å². The number of sulfonamides is 1. The van der Waals surface area contributed by atoms with Crippen molar-refractivity contribution in [2.24, 2.45) is 0 Å². The molecular formula is C25H34ClN3O4S. The summed E-state index contributed by atoms with van der Waals surface area (Å²) in [5.74, 6) is -0.683. The van der Waals surface area contributed by atoms with Crippen LogP contribution in [0.1, 0.15) is 44.2 Å². The second kappa shape index (κ2) is 12.9. The molecule has 2 aromatic carbocycles. The fourth-order valence-electron chi connectivity index (χ4n) is 3.47. The summed E-state index contributed by atoms with van der Waals surface area (Å²) < 4.78 is 27.0. The molecule has 9 heteroatoms. The molecule has 186 valence electrons. The Morgan fingerprint density at radius 2 is 1.65 bits per heavy atom. The van der Waals surface area contributed by atoms with E-state index in [1.54, 1.807) is 0 Å². The van der Waals surface area contributed by atoms with Crippen LogP contribution in [0, 0.1) is 6.92 Å². The molecule has 0 radical (unpaired) electrons. The Labute approximate surface area is 208 Å². The maximum Gasteiger partial charge on any atom is 0.243 e. The molecule has 2 rings (SSSR count). The van der Waals surface area contributed by atoms with Crippen LogP contribution in [0.2, 0.25) is 5.02 Å². The van der Waals surface area contributed by atoms with E-state index in [1.807, 2.05) is 45.0 Å². The standard InChI is InChI=1S/C25H34ClN3O4S/c1-5-7-16-27-25(31)23(6-2)29(17-20-10-8-19(3)9-11-20)24(30)18-28(4)34(32,33)22-14-12-21(26)13-15-22/h8-15,23H,5-7,16-18H2,1-4H3,(H,27,31)/t23-/m0/s1. The topological polar surface area (TPSA) is 86.8 Å². The minimum atomic E-state index is -3.91. The van der Waals surface area contributed by atoms with Gasteiger partial charge in [0.15, 0.2) is 0 Å². The highest BCUT2D eigenvalue weighted by molar-refractivity contribution is 7.89. The van der Waals surface area contributed by atoms with E-state index in [9.17, 15) is 18.0 Å². The van der Waals surface area contributed by atoms with Crippen LogP contribution in [0.3, 0.4) is 0 Å². The first kappa shape index (κ1) is 27.8. The first-order valence-corrected chi connectivity index (χ1v) is 13.3. The summed E-state index contributed by atoms with van der Waals surface area (Å²) in [5.41, 5.74) is 1.95. The largest absolute Gasteiger partial charge is 0.354 e. The predicted octanol–water partition coefficient (Wildman–Crippen LogP) is 3.99. The Kier molecular flexibility index (Phi) is 10.5. The van der Waals surface area contributed by atoms with Gasteiger partial charge in [-0.2, -0.15) is 4.31 Å². The molecule has 0 saturated heterocycles. The van der Waals surface area contributed by atoms with Crippen LogP contribution in [0.4, 0.5) is 0 Å². The van der Waals surface area contributed by atoms with Crippen LogP contribution in [0.5, 0.6) is 0 Å². The van der Waals surface area contributed by atoms with Crippen molar-refractivity contribution >= 4 is 33.4 Å². The van der Waals surface area contributed by atoms with E-state index in [0.717, 1.165) is 28.3 Å². The number of unbranched alkanes of at least 4 members (excludes halogenated alkanes) is 1. The normalized spacial score (nSPS) is 12.4. The fourth-order valence-corrected chi connectivity index (χ4v) is 4.71. The second-order valence-electron chi connectivity index (χ2n) is 8.29. The number of nitrogens with zero attached hydrogens (tertiary/aromatic N) is 2. The Morgan fingerprint density at radius 1 is 1.03 bits per heavy atom. The zero-order valence-electron chi connectivity index (χ0n) is 20.3. The van der Waals surface area contributed by atoms with Crippen molar-refractivity contribution in [2.45, 2.75) is 57.5 Å². The third kappa shape index (κ3) is 7.55. The molecule has 0 unspecified atom stereocenters. The highest BCUT2D eigenvalue weighted by atomic mass is 35.5. The third-order valence-electron chi connectivity index (χ3n) is 5.57. The van der Waals surface area contributed by atoms with Gasteiger partial charge >= 0.3 is 0 Å². The van der Waals surface area contributed by atoms with E-state index < -0.39 is 28.5 Å². The molecule has 7 nitrogen and oxygen atoms in total. The number of benzene rings is 2. The molecule has 0 bridgehead atoms. The number of likely N-dealkylation sites (N-methyl/N-ethyl adjacent to an activating group) is 1. The van der Waals surface area contributed by atoms with E-state index in [-0.39, 0.29) is 17.3 Å². The van der Waals surface area contributed by atoms with E-state index in [0.29, 0.717) is 18.0 Å². The maximum atomic E-state index is 13.4. The summed E-state index contributed by atoms with van der Waals surface area (Å²) in [6.07, 6.45) is 2.19. The monoisotopic (exact) mass is 507 g/mol. The van der Waals surface area contributed by atoms with Crippen molar-refractivity contribution in [3.63, 3.8) is 0 Å². The number of rotatable bonds is 12. The molecule has 0 spiro atoms. The van der Waals surface area contributed by atoms with Gasteiger partial charge in [-0.1, -0.05) is 61.7 Å². The molecule has 1 N–H and O–H groups in total. The summed E-state index contributed by atoms with van der Waals surface area (Å²) in [4.78, 5) is 27.9. The van der Waals surface area contributed by atoms with E-state index in [1.165, 1.54) is 36.2 Å². The summed E-state index contributed by atoms with van der Waals surface area (Å²) in [6, 6.07) is 12.8. The van der Waals surface area contributed by atoms with Crippen molar-refractivity contribution in [2.75, 3.05) is 20.1 Å². The van der Waals surface area contributed by atoms with Gasteiger partial charge in [0.25, 0.3) is 0 Å². The van der Waals surface area contributed by atoms with Crippen LogP contribution >= 0.6 is 11.6 Å². The molecule has 2 amide bonds. The molecule has 0 aliphatic rings. The Balaban J connectivity index is 2.28. The van der Waals surface area contributed by atoms with Crippen molar-refractivity contribution in [1.82, 2.24) is 14.5 Å². The number of carbonyl (C=O) groups excluding carboxylic acids is 2. The van der Waals surface area contributed by atoms with Gasteiger partial charge in [-0.25, -0.2) is 8.42 Å². The lowest BCUT2D eigenvalue weighted by molar-refractivity contribution is -0.141. The van der Waals surface area contributed by atoms with Gasteiger partial charge < -0.3 is 10.2 Å². The smallest absolute Gasteiger partial charge is 0.243 e. The van der Waals surface area contributed by atoms with Crippen LogP contribution in [-0.4, -0.2) is 55.6 Å². The van der Waals surface area contributed by atoms with Gasteiger partial charge in [-0.15, -0.1) is 0 Å². The van der Waals surface area contributed by atoms with Crippen molar-refractivity contribution < 1.29 is 18.0 Å². The summed E-state index contributed by atoms with van der Waals surface area (Å²) in [6.45, 7) is 6.19. The molecule has 0 aliphatic carbocycles. The highest BCUT2D eigenvalue weighted by Crippen LogP contribution is 2.19. The average Bonchev–Trinajstić information content (AvgIpc) is 2.80. The molecule has 2 aromatic rings. The minimum absolute atomic E-state index is 0.0432. The number of hydrogen-bond donors (Lipinski definition) is 1. The van der Waals surface area contributed by atoms with Gasteiger partial charge in [0.05, 0.1) is 11.4 Å². The predicted molar refractivity (Wildman–Crippen MR) is 135 cm³/mol. The Morgan fingerprint density at radius 3 is 2.21 bits per heavy atom. The first-order chi connectivity index (χ1) is 16.1. The molecule has 0 fully saturated rings. The average molecular weight is 508 g/mol. The van der Waals surface area contributed by atoms with Gasteiger partial charge in [0.2, 0.25) is 21.8 Å². The molecule has 0 heterocycles. The lowest BCUT2D eigenvalue weighted by Gasteiger charge is -2.32. The first-order valence-electron chi connectivity index (χ1n) is 11.4. The number of hydrogen-bond acceptors (Lipinski definition) is 4. The van der Waals surface area contributed by atoms with Gasteiger partial charge in [0.1, 0.15) is 6.04 Å². The molecular weight excluding hydrogens is 474 g/mol. The summed E-state index contributed by atoms with van der Waals surface area (Å²) in [5, 5.41) is 3.32. The lowest BCUT2D eigenvalue weighted by Crippen LogP contribution is -2.51. The Hall–Kier alpha value is -2.42. The Bertz CT molecular complexity index is 1060. The number of amides is 2. The van der Waals surface area contributed by atoms with E-state index in [2.05, 4.69) is 5.32 Å². The van der Waals surface area contributed by atoms with E-state index in [4.69, 9.17) is 11.6 Å². The van der Waals surface area contributed by atoms with Crippen molar-refractivity contribution in [1.29, 1.82) is 0 Å². The van der Waals surface area contributed by atoms with E-state index >= 15 is 0 Å². The van der Waals surface area contributed by atoms with Gasteiger partial charge in [0, 0.05) is 25.2 Å². The zero-order chi connectivity index (χ0) is 25.3. The molecule has 1 atom stereocenters. The minimum Gasteiger partial charge on any atom is -0.354 e. The van der Waals surface area contributed by atoms with Gasteiger partial charge in [-0.05, 0) is 49.6 Å². The zero-order valence-corrected chi connectivity index (χ0v) is 21.8. The van der Waals surface area contributed by atoms with Crippen LogP contribution in [0.25, 0.3) is 0 Å². The quantitative estimate of drug-likeness (QED) is 0.440. The van der Waals surface area contributed by atoms with Crippen LogP contribution < -0.4 is 5.32 Å². The number of halogens is 1. The second-order valence-corrected chi connectivity index (χ2v) is 10.8. The highest BCUT2D eigenvalue weighted by Gasteiger charge is 2.31. The fraction of sp³-hybridized carbons (Fsp3) is 0.440. The summed E-state index contributed by atoms with van der Waals surface area (Å²) >= 11 is 5.87. The lowest BCUT2D eigenvalue weighted by atomic mass is 10.1. The number of aryl methyl sites for hydroxylation is 1.